The Hall–Kier alpha value is -2.69. The second-order valence-electron chi connectivity index (χ2n) is 8.61. The second kappa shape index (κ2) is 8.81. The normalized spacial score (nSPS) is 19.4. The van der Waals surface area contributed by atoms with Crippen LogP contribution in [0.25, 0.3) is 0 Å². The van der Waals surface area contributed by atoms with Crippen LogP contribution in [0.3, 0.4) is 0 Å². The zero-order valence-corrected chi connectivity index (χ0v) is 19.3. The largest absolute Gasteiger partial charge is 0.469 e. The van der Waals surface area contributed by atoms with Gasteiger partial charge in [-0.05, 0) is 47.1 Å². The van der Waals surface area contributed by atoms with Crippen molar-refractivity contribution in [3.05, 3.63) is 33.9 Å². The van der Waals surface area contributed by atoms with Crippen LogP contribution in [0, 0.1) is 16.0 Å². The van der Waals surface area contributed by atoms with Crippen LogP contribution in [0.1, 0.15) is 52.6 Å². The van der Waals surface area contributed by atoms with Gasteiger partial charge in [-0.25, -0.2) is 13.2 Å². The van der Waals surface area contributed by atoms with Gasteiger partial charge in [-0.15, -0.1) is 0 Å². The average molecular weight is 457 g/mol. The van der Waals surface area contributed by atoms with E-state index in [9.17, 15) is 28.1 Å². The zero-order valence-electron chi connectivity index (χ0n) is 18.4. The van der Waals surface area contributed by atoms with Gasteiger partial charge in [0, 0.05) is 24.2 Å². The van der Waals surface area contributed by atoms with Crippen molar-refractivity contribution in [1.82, 2.24) is 4.90 Å². The number of esters is 1. The summed E-state index contributed by atoms with van der Waals surface area (Å²) in [6.07, 6.45) is -0.552. The number of nitrogens with zero attached hydrogens (tertiary/aromatic N) is 2. The number of methoxy groups -OCH3 is 1. The molecule has 2 rings (SSSR count). The molecule has 0 aliphatic carbocycles. The van der Waals surface area contributed by atoms with Crippen LogP contribution in [0.5, 0.6) is 0 Å². The molecule has 1 saturated heterocycles. The molecule has 2 atom stereocenters. The number of sulfone groups is 1. The molecule has 0 unspecified atom stereocenters. The lowest BCUT2D eigenvalue weighted by Crippen LogP contribution is -2.39. The summed E-state index contributed by atoms with van der Waals surface area (Å²) in [6, 6.07) is 2.27. The Morgan fingerprint density at radius 3 is 2.35 bits per heavy atom. The Kier molecular flexibility index (Phi) is 6.99. The molecule has 0 N–H and O–H groups in total. The minimum absolute atomic E-state index is 0.00154. The highest BCUT2D eigenvalue weighted by Gasteiger charge is 2.46. The number of carbonyl (C=O) groups is 2. The monoisotopic (exact) mass is 456 g/mol. The first-order chi connectivity index (χ1) is 14.2. The van der Waals surface area contributed by atoms with Crippen LogP contribution >= 0.6 is 0 Å². The number of carbonyl (C=O) groups excluding carboxylic acids is 2. The van der Waals surface area contributed by atoms with Gasteiger partial charge in [0.25, 0.3) is 5.69 Å². The molecule has 0 radical (unpaired) electrons. The number of rotatable bonds is 5. The van der Waals surface area contributed by atoms with Gasteiger partial charge >= 0.3 is 12.1 Å². The predicted octanol–water partition coefficient (Wildman–Crippen LogP) is 3.25. The molecule has 0 bridgehead atoms. The quantitative estimate of drug-likeness (QED) is 0.374. The molecule has 0 spiro atoms. The SMILES string of the molecule is COC(=O)[C@@H]1CCN(C(=O)OC(C)(C)C)[C@@H]1c1cc([N+](=O)[O-])ccc1S(=O)(=O)C(C)C. The second-order valence-corrected chi connectivity index (χ2v) is 11.1. The molecule has 11 heteroatoms. The fourth-order valence-corrected chi connectivity index (χ4v) is 4.77. The molecule has 1 aliphatic rings. The van der Waals surface area contributed by atoms with Crippen LogP contribution < -0.4 is 0 Å². The van der Waals surface area contributed by atoms with E-state index in [1.54, 1.807) is 20.8 Å². The number of nitro benzene ring substituents is 1. The summed E-state index contributed by atoms with van der Waals surface area (Å²) in [5, 5.41) is 10.6. The first-order valence-corrected chi connectivity index (χ1v) is 11.3. The van der Waals surface area contributed by atoms with Crippen molar-refractivity contribution < 1.29 is 32.4 Å². The molecule has 1 amide bonds. The fourth-order valence-electron chi connectivity index (χ4n) is 3.49. The lowest BCUT2D eigenvalue weighted by molar-refractivity contribution is -0.385. The molecule has 1 aliphatic heterocycles. The maximum absolute atomic E-state index is 13.0. The topological polar surface area (TPSA) is 133 Å². The minimum atomic E-state index is -3.88. The van der Waals surface area contributed by atoms with Crippen LogP contribution in [-0.2, 0) is 24.1 Å². The van der Waals surface area contributed by atoms with Crippen LogP contribution in [-0.4, -0.2) is 54.8 Å². The highest BCUT2D eigenvalue weighted by atomic mass is 32.2. The number of non-ortho nitro benzene ring substituents is 1. The summed E-state index contributed by atoms with van der Waals surface area (Å²) in [5.41, 5.74) is -1.18. The molecule has 1 fully saturated rings. The molecule has 0 aromatic heterocycles. The van der Waals surface area contributed by atoms with E-state index in [1.165, 1.54) is 25.9 Å². The Bertz CT molecular complexity index is 981. The molecule has 1 aromatic carbocycles. The van der Waals surface area contributed by atoms with Gasteiger partial charge in [-0.2, -0.15) is 0 Å². The molecule has 1 aromatic rings. The third-order valence-electron chi connectivity index (χ3n) is 4.98. The van der Waals surface area contributed by atoms with Crippen LogP contribution in [0.15, 0.2) is 23.1 Å². The molecule has 172 valence electrons. The summed E-state index contributed by atoms with van der Waals surface area (Å²) < 4.78 is 36.3. The van der Waals surface area contributed by atoms with E-state index >= 15 is 0 Å². The van der Waals surface area contributed by atoms with E-state index in [0.717, 1.165) is 18.2 Å². The lowest BCUT2D eigenvalue weighted by atomic mass is 9.93. The summed E-state index contributed by atoms with van der Waals surface area (Å²) in [5.74, 6) is -1.55. The van der Waals surface area contributed by atoms with E-state index in [-0.39, 0.29) is 29.1 Å². The Morgan fingerprint density at radius 2 is 1.87 bits per heavy atom. The summed E-state index contributed by atoms with van der Waals surface area (Å²) >= 11 is 0. The third-order valence-corrected chi connectivity index (χ3v) is 7.21. The number of hydrogen-bond acceptors (Lipinski definition) is 8. The molecule has 1 heterocycles. The number of likely N-dealkylation sites (tertiary alicyclic amines) is 1. The van der Waals surface area contributed by atoms with E-state index < -0.39 is 49.6 Å². The smallest absolute Gasteiger partial charge is 0.410 e. The number of nitro groups is 1. The standard InChI is InChI=1S/C20H28N2O8S/c1-12(2)31(27,28)16-8-7-13(22(25)26)11-15(16)17-14(18(23)29-6)9-10-21(17)19(24)30-20(3,4)5/h7-8,11-12,14,17H,9-10H2,1-6H3/t14-,17+/m1/s1. The van der Waals surface area contributed by atoms with Gasteiger partial charge in [0.15, 0.2) is 9.84 Å². The Morgan fingerprint density at radius 1 is 1.26 bits per heavy atom. The molecular formula is C20H28N2O8S. The first kappa shape index (κ1) is 24.6. The molecule has 0 saturated carbocycles. The zero-order chi connectivity index (χ0) is 23.7. The van der Waals surface area contributed by atoms with Crippen molar-refractivity contribution in [3.63, 3.8) is 0 Å². The Balaban J connectivity index is 2.75. The van der Waals surface area contributed by atoms with Gasteiger partial charge in [0.1, 0.15) is 5.60 Å². The third kappa shape index (κ3) is 5.15. The van der Waals surface area contributed by atoms with Crippen molar-refractivity contribution in [1.29, 1.82) is 0 Å². The van der Waals surface area contributed by atoms with Crippen LogP contribution in [0.4, 0.5) is 10.5 Å². The number of hydrogen-bond donors (Lipinski definition) is 0. The van der Waals surface area contributed by atoms with Crippen molar-refractivity contribution in [2.45, 2.75) is 62.8 Å². The summed E-state index contributed by atoms with van der Waals surface area (Å²) in [7, 11) is -2.69. The van der Waals surface area contributed by atoms with E-state index in [1.807, 2.05) is 0 Å². The van der Waals surface area contributed by atoms with Crippen LogP contribution in [0.2, 0.25) is 0 Å². The lowest BCUT2D eigenvalue weighted by Gasteiger charge is -2.31. The first-order valence-electron chi connectivity index (χ1n) is 9.80. The highest BCUT2D eigenvalue weighted by Crippen LogP contribution is 2.43. The average Bonchev–Trinajstić information content (AvgIpc) is 3.10. The summed E-state index contributed by atoms with van der Waals surface area (Å²) in [4.78, 5) is 37.2. The van der Waals surface area contributed by atoms with Gasteiger partial charge in [-0.1, -0.05) is 0 Å². The molecule has 31 heavy (non-hydrogen) atoms. The predicted molar refractivity (Wildman–Crippen MR) is 111 cm³/mol. The highest BCUT2D eigenvalue weighted by molar-refractivity contribution is 7.92. The van der Waals surface area contributed by atoms with Crippen molar-refractivity contribution in [2.75, 3.05) is 13.7 Å². The minimum Gasteiger partial charge on any atom is -0.469 e. The van der Waals surface area contributed by atoms with E-state index in [0.29, 0.717) is 0 Å². The van der Waals surface area contributed by atoms with Gasteiger partial charge in [0.05, 0.1) is 34.1 Å². The number of benzene rings is 1. The number of amides is 1. The van der Waals surface area contributed by atoms with Crippen molar-refractivity contribution in [3.8, 4) is 0 Å². The van der Waals surface area contributed by atoms with Crippen molar-refractivity contribution >= 4 is 27.6 Å². The maximum atomic E-state index is 13.0. The van der Waals surface area contributed by atoms with E-state index in [4.69, 9.17) is 9.47 Å². The number of ether oxygens (including phenoxy) is 2. The molecule has 10 nitrogen and oxygen atoms in total. The maximum Gasteiger partial charge on any atom is 0.410 e. The fraction of sp³-hybridized carbons (Fsp3) is 0.600. The Labute approximate surface area is 181 Å². The van der Waals surface area contributed by atoms with E-state index in [2.05, 4.69) is 0 Å². The molecular weight excluding hydrogens is 428 g/mol. The van der Waals surface area contributed by atoms with Crippen molar-refractivity contribution in [2.24, 2.45) is 5.92 Å². The summed E-state index contributed by atoms with van der Waals surface area (Å²) in [6.45, 7) is 8.10. The van der Waals surface area contributed by atoms with Gasteiger partial charge in [-0.3, -0.25) is 14.9 Å². The van der Waals surface area contributed by atoms with Gasteiger partial charge < -0.3 is 14.4 Å². The van der Waals surface area contributed by atoms with Gasteiger partial charge in [0.2, 0.25) is 0 Å².